The standard InChI is InChI=1S/C16H22N6O2/c23-10-13(11-24)22-6-1-3-12(9-22)14-7-20-15(8-19-14)21-16-17-4-2-5-18-16/h2,4-5,7-8,12-13,23-24H,1,3,6,9-11H2,(H,17,18,20,21). The fourth-order valence-electron chi connectivity index (χ4n) is 2.96. The number of aliphatic hydroxyl groups is 2. The summed E-state index contributed by atoms with van der Waals surface area (Å²) in [7, 11) is 0. The summed E-state index contributed by atoms with van der Waals surface area (Å²) >= 11 is 0. The summed E-state index contributed by atoms with van der Waals surface area (Å²) in [5.74, 6) is 1.34. The second kappa shape index (κ2) is 8.09. The monoisotopic (exact) mass is 330 g/mol. The fraction of sp³-hybridized carbons (Fsp3) is 0.500. The van der Waals surface area contributed by atoms with Crippen LogP contribution in [-0.2, 0) is 0 Å². The van der Waals surface area contributed by atoms with Crippen LogP contribution in [0.1, 0.15) is 24.5 Å². The van der Waals surface area contributed by atoms with E-state index >= 15 is 0 Å². The Morgan fingerprint density at radius 3 is 2.58 bits per heavy atom. The quantitative estimate of drug-likeness (QED) is 0.704. The molecule has 3 heterocycles. The van der Waals surface area contributed by atoms with Crippen molar-refractivity contribution >= 4 is 11.8 Å². The molecule has 8 heteroatoms. The largest absolute Gasteiger partial charge is 0.395 e. The highest BCUT2D eigenvalue weighted by Crippen LogP contribution is 2.26. The molecule has 1 aliphatic heterocycles. The third kappa shape index (κ3) is 4.02. The van der Waals surface area contributed by atoms with Gasteiger partial charge in [-0.3, -0.25) is 9.88 Å². The SMILES string of the molecule is OCC(CO)N1CCCC(c2cnc(Nc3ncccn3)cn2)C1. The lowest BCUT2D eigenvalue weighted by molar-refractivity contribution is 0.0545. The molecule has 1 aliphatic rings. The highest BCUT2D eigenvalue weighted by atomic mass is 16.3. The number of aliphatic hydroxyl groups excluding tert-OH is 2. The van der Waals surface area contributed by atoms with E-state index in [1.165, 1.54) is 0 Å². The lowest BCUT2D eigenvalue weighted by Gasteiger charge is -2.36. The molecule has 3 N–H and O–H groups in total. The van der Waals surface area contributed by atoms with Crippen molar-refractivity contribution in [1.29, 1.82) is 0 Å². The first kappa shape index (κ1) is 16.7. The van der Waals surface area contributed by atoms with Crippen molar-refractivity contribution in [1.82, 2.24) is 24.8 Å². The zero-order valence-corrected chi connectivity index (χ0v) is 13.4. The molecule has 0 aromatic carbocycles. The Morgan fingerprint density at radius 1 is 1.12 bits per heavy atom. The molecule has 0 bridgehead atoms. The van der Waals surface area contributed by atoms with Crippen molar-refractivity contribution < 1.29 is 10.2 Å². The van der Waals surface area contributed by atoms with Crippen LogP contribution < -0.4 is 5.32 Å². The van der Waals surface area contributed by atoms with Gasteiger partial charge < -0.3 is 15.5 Å². The minimum atomic E-state index is -0.197. The third-order valence-corrected chi connectivity index (χ3v) is 4.29. The Labute approximate surface area is 140 Å². The van der Waals surface area contributed by atoms with Crippen LogP contribution in [0.3, 0.4) is 0 Å². The maximum atomic E-state index is 9.36. The van der Waals surface area contributed by atoms with Gasteiger partial charge in [0.2, 0.25) is 5.95 Å². The molecule has 1 atom stereocenters. The maximum Gasteiger partial charge on any atom is 0.228 e. The number of likely N-dealkylation sites (tertiary alicyclic amines) is 1. The second-order valence-corrected chi connectivity index (χ2v) is 5.88. The Balaban J connectivity index is 1.64. The molecule has 128 valence electrons. The number of nitrogens with zero attached hydrogens (tertiary/aromatic N) is 5. The maximum absolute atomic E-state index is 9.36. The average Bonchev–Trinajstić information content (AvgIpc) is 2.65. The van der Waals surface area contributed by atoms with Gasteiger partial charge in [-0.05, 0) is 25.5 Å². The molecule has 0 aliphatic carbocycles. The number of nitrogens with one attached hydrogen (secondary N) is 1. The van der Waals surface area contributed by atoms with Crippen molar-refractivity contribution in [2.75, 3.05) is 31.6 Å². The van der Waals surface area contributed by atoms with Gasteiger partial charge in [-0.15, -0.1) is 0 Å². The first-order chi connectivity index (χ1) is 11.8. The highest BCUT2D eigenvalue weighted by molar-refractivity contribution is 5.45. The number of rotatable bonds is 6. The van der Waals surface area contributed by atoms with Crippen molar-refractivity contribution in [2.45, 2.75) is 24.8 Å². The normalized spacial score (nSPS) is 18.7. The van der Waals surface area contributed by atoms with Crippen LogP contribution in [0.15, 0.2) is 30.9 Å². The zero-order chi connectivity index (χ0) is 16.8. The molecule has 8 nitrogen and oxygen atoms in total. The van der Waals surface area contributed by atoms with E-state index in [4.69, 9.17) is 0 Å². The molecular weight excluding hydrogens is 308 g/mol. The molecule has 24 heavy (non-hydrogen) atoms. The van der Waals surface area contributed by atoms with E-state index in [-0.39, 0.29) is 25.2 Å². The van der Waals surface area contributed by atoms with Gasteiger partial charge in [0.05, 0.1) is 37.3 Å². The van der Waals surface area contributed by atoms with Crippen LogP contribution in [0.25, 0.3) is 0 Å². The Morgan fingerprint density at radius 2 is 1.92 bits per heavy atom. The van der Waals surface area contributed by atoms with Gasteiger partial charge >= 0.3 is 0 Å². The van der Waals surface area contributed by atoms with Gasteiger partial charge in [-0.1, -0.05) is 0 Å². The number of aromatic nitrogens is 4. The summed E-state index contributed by atoms with van der Waals surface area (Å²) in [5, 5.41) is 21.7. The van der Waals surface area contributed by atoms with E-state index < -0.39 is 0 Å². The highest BCUT2D eigenvalue weighted by Gasteiger charge is 2.26. The van der Waals surface area contributed by atoms with E-state index in [1.54, 1.807) is 30.9 Å². The summed E-state index contributed by atoms with van der Waals surface area (Å²) in [6.07, 6.45) is 8.82. The van der Waals surface area contributed by atoms with E-state index in [0.717, 1.165) is 31.6 Å². The smallest absolute Gasteiger partial charge is 0.228 e. The summed E-state index contributed by atoms with van der Waals surface area (Å²) in [6.45, 7) is 1.60. The topological polar surface area (TPSA) is 107 Å². The zero-order valence-electron chi connectivity index (χ0n) is 13.4. The van der Waals surface area contributed by atoms with Crippen molar-refractivity contribution in [2.24, 2.45) is 0 Å². The van der Waals surface area contributed by atoms with E-state index in [1.807, 2.05) is 0 Å². The molecule has 2 aromatic rings. The third-order valence-electron chi connectivity index (χ3n) is 4.29. The van der Waals surface area contributed by atoms with Gasteiger partial charge in [-0.25, -0.2) is 15.0 Å². The minimum Gasteiger partial charge on any atom is -0.395 e. The average molecular weight is 330 g/mol. The van der Waals surface area contributed by atoms with Gasteiger partial charge in [0, 0.05) is 24.9 Å². The minimum absolute atomic E-state index is 0.0329. The van der Waals surface area contributed by atoms with Crippen molar-refractivity contribution in [3.05, 3.63) is 36.5 Å². The van der Waals surface area contributed by atoms with Crippen LogP contribution in [0, 0.1) is 0 Å². The van der Waals surface area contributed by atoms with E-state index in [0.29, 0.717) is 11.8 Å². The van der Waals surface area contributed by atoms with Crippen LogP contribution in [-0.4, -0.2) is 67.4 Å². The summed E-state index contributed by atoms with van der Waals surface area (Å²) in [6, 6.07) is 1.55. The first-order valence-corrected chi connectivity index (χ1v) is 8.12. The fourth-order valence-corrected chi connectivity index (χ4v) is 2.96. The van der Waals surface area contributed by atoms with Crippen molar-refractivity contribution in [3.63, 3.8) is 0 Å². The van der Waals surface area contributed by atoms with Crippen molar-refractivity contribution in [3.8, 4) is 0 Å². The first-order valence-electron chi connectivity index (χ1n) is 8.12. The summed E-state index contributed by atoms with van der Waals surface area (Å²) < 4.78 is 0. The van der Waals surface area contributed by atoms with Gasteiger partial charge in [0.25, 0.3) is 0 Å². The Hall–Kier alpha value is -2.16. The Bertz CT molecular complexity index is 620. The predicted octanol–water partition coefficient (Wildman–Crippen LogP) is 0.543. The molecule has 3 rings (SSSR count). The van der Waals surface area contributed by atoms with Gasteiger partial charge in [0.15, 0.2) is 5.82 Å². The van der Waals surface area contributed by atoms with Crippen LogP contribution in [0.4, 0.5) is 11.8 Å². The van der Waals surface area contributed by atoms with E-state index in [2.05, 4.69) is 30.2 Å². The molecule has 0 spiro atoms. The molecule has 1 unspecified atom stereocenters. The van der Waals surface area contributed by atoms with E-state index in [9.17, 15) is 10.2 Å². The lowest BCUT2D eigenvalue weighted by atomic mass is 9.94. The van der Waals surface area contributed by atoms with Gasteiger partial charge in [0.1, 0.15) is 0 Å². The number of hydrogen-bond donors (Lipinski definition) is 3. The predicted molar refractivity (Wildman–Crippen MR) is 88.9 cm³/mol. The van der Waals surface area contributed by atoms with Crippen LogP contribution in [0.5, 0.6) is 0 Å². The number of piperidine rings is 1. The molecule has 0 radical (unpaired) electrons. The lowest BCUT2D eigenvalue weighted by Crippen LogP contribution is -2.45. The molecular formula is C16H22N6O2. The van der Waals surface area contributed by atoms with Gasteiger partial charge in [-0.2, -0.15) is 0 Å². The van der Waals surface area contributed by atoms with Crippen LogP contribution >= 0.6 is 0 Å². The molecule has 1 saturated heterocycles. The summed E-state index contributed by atoms with van der Waals surface area (Å²) in [4.78, 5) is 19.2. The molecule has 0 amide bonds. The number of hydrogen-bond acceptors (Lipinski definition) is 8. The number of anilines is 2. The second-order valence-electron chi connectivity index (χ2n) is 5.88. The summed E-state index contributed by atoms with van der Waals surface area (Å²) in [5.41, 5.74) is 0.925. The molecule has 1 fully saturated rings. The Kier molecular flexibility index (Phi) is 5.63. The molecule has 0 saturated carbocycles. The molecule has 2 aromatic heterocycles. The van der Waals surface area contributed by atoms with Crippen LogP contribution in [0.2, 0.25) is 0 Å².